The summed E-state index contributed by atoms with van der Waals surface area (Å²) in [5.74, 6) is -0.908. The molecule has 1 aliphatic heterocycles. The van der Waals surface area contributed by atoms with E-state index in [1.807, 2.05) is 0 Å². The molecule has 1 atom stereocenters. The molecule has 0 aromatic carbocycles. The fraction of sp³-hybridized carbons (Fsp3) is 0.632. The van der Waals surface area contributed by atoms with Crippen LogP contribution in [0, 0.1) is 19.8 Å². The Morgan fingerprint density at radius 1 is 1.26 bits per heavy atom. The van der Waals surface area contributed by atoms with Crippen molar-refractivity contribution in [1.82, 2.24) is 15.2 Å². The van der Waals surface area contributed by atoms with Gasteiger partial charge in [0.25, 0.3) is 5.91 Å². The predicted octanol–water partition coefficient (Wildman–Crippen LogP) is 1.42. The van der Waals surface area contributed by atoms with Crippen molar-refractivity contribution in [2.75, 3.05) is 40.5 Å². The van der Waals surface area contributed by atoms with Crippen LogP contribution < -0.4 is 5.32 Å². The SMILES string of the molecule is COCCCNC(=O)[C@H]1CCCN(C(=O)c2[nH]c(C)c(C(=O)OC)c2C)C1. The van der Waals surface area contributed by atoms with Gasteiger partial charge in [-0.2, -0.15) is 0 Å². The number of aryl methyl sites for hydroxylation is 1. The monoisotopic (exact) mass is 379 g/mol. The first-order chi connectivity index (χ1) is 12.9. The van der Waals surface area contributed by atoms with Crippen molar-refractivity contribution >= 4 is 17.8 Å². The number of methoxy groups -OCH3 is 2. The van der Waals surface area contributed by atoms with Crippen molar-refractivity contribution < 1.29 is 23.9 Å². The Bertz CT molecular complexity index is 698. The molecule has 2 N–H and O–H groups in total. The average molecular weight is 379 g/mol. The zero-order valence-corrected chi connectivity index (χ0v) is 16.5. The number of hydrogen-bond acceptors (Lipinski definition) is 5. The summed E-state index contributed by atoms with van der Waals surface area (Å²) in [5.41, 5.74) is 1.96. The lowest BCUT2D eigenvalue weighted by molar-refractivity contribution is -0.126. The van der Waals surface area contributed by atoms with Gasteiger partial charge in [-0.05, 0) is 38.7 Å². The molecule has 0 bridgehead atoms. The van der Waals surface area contributed by atoms with E-state index in [1.165, 1.54) is 7.11 Å². The molecule has 8 heteroatoms. The molecule has 8 nitrogen and oxygen atoms in total. The summed E-state index contributed by atoms with van der Waals surface area (Å²) in [6.45, 7) is 5.60. The second-order valence-electron chi connectivity index (χ2n) is 6.84. The van der Waals surface area contributed by atoms with Crippen LogP contribution in [0.2, 0.25) is 0 Å². The van der Waals surface area contributed by atoms with Gasteiger partial charge in [0.2, 0.25) is 5.91 Å². The highest BCUT2D eigenvalue weighted by atomic mass is 16.5. The van der Waals surface area contributed by atoms with E-state index in [9.17, 15) is 14.4 Å². The number of nitrogens with zero attached hydrogens (tertiary/aromatic N) is 1. The van der Waals surface area contributed by atoms with Gasteiger partial charge in [-0.25, -0.2) is 4.79 Å². The van der Waals surface area contributed by atoms with E-state index < -0.39 is 5.97 Å². The van der Waals surface area contributed by atoms with Gasteiger partial charge < -0.3 is 24.7 Å². The van der Waals surface area contributed by atoms with Gasteiger partial charge in [0.15, 0.2) is 0 Å². The molecule has 0 unspecified atom stereocenters. The molecule has 27 heavy (non-hydrogen) atoms. The molecule has 2 heterocycles. The van der Waals surface area contributed by atoms with Crippen LogP contribution in [0.25, 0.3) is 0 Å². The number of nitrogens with one attached hydrogen (secondary N) is 2. The molecule has 2 rings (SSSR count). The molecule has 1 fully saturated rings. The Kier molecular flexibility index (Phi) is 7.41. The highest BCUT2D eigenvalue weighted by Gasteiger charge is 2.31. The van der Waals surface area contributed by atoms with Crippen LogP contribution in [0.4, 0.5) is 0 Å². The van der Waals surface area contributed by atoms with Crippen LogP contribution in [-0.4, -0.2) is 68.1 Å². The third kappa shape index (κ3) is 4.88. The third-order valence-electron chi connectivity index (χ3n) is 4.94. The molecule has 1 saturated heterocycles. The van der Waals surface area contributed by atoms with Gasteiger partial charge in [-0.3, -0.25) is 9.59 Å². The Morgan fingerprint density at radius 3 is 2.67 bits per heavy atom. The third-order valence-corrected chi connectivity index (χ3v) is 4.94. The van der Waals surface area contributed by atoms with Crippen LogP contribution in [0.3, 0.4) is 0 Å². The topological polar surface area (TPSA) is 101 Å². The van der Waals surface area contributed by atoms with E-state index in [1.54, 1.807) is 25.9 Å². The molecule has 0 spiro atoms. The maximum Gasteiger partial charge on any atom is 0.339 e. The maximum absolute atomic E-state index is 13.0. The number of aromatic amines is 1. The first-order valence-corrected chi connectivity index (χ1v) is 9.24. The molecule has 0 aliphatic carbocycles. The predicted molar refractivity (Wildman–Crippen MR) is 99.7 cm³/mol. The number of carbonyl (C=O) groups is 3. The van der Waals surface area contributed by atoms with Crippen molar-refractivity contribution in [2.45, 2.75) is 33.1 Å². The molecular weight excluding hydrogens is 350 g/mol. The summed E-state index contributed by atoms with van der Waals surface area (Å²) >= 11 is 0. The van der Waals surface area contributed by atoms with E-state index in [0.29, 0.717) is 48.8 Å². The van der Waals surface area contributed by atoms with Gasteiger partial charge in [-0.15, -0.1) is 0 Å². The van der Waals surface area contributed by atoms with Crippen LogP contribution >= 0.6 is 0 Å². The highest BCUT2D eigenvalue weighted by Crippen LogP contribution is 2.23. The summed E-state index contributed by atoms with van der Waals surface area (Å²) < 4.78 is 9.77. The maximum atomic E-state index is 13.0. The number of hydrogen-bond donors (Lipinski definition) is 2. The second kappa shape index (κ2) is 9.55. The van der Waals surface area contributed by atoms with Crippen molar-refractivity contribution in [3.05, 3.63) is 22.5 Å². The van der Waals surface area contributed by atoms with Crippen LogP contribution in [0.1, 0.15) is 51.4 Å². The van der Waals surface area contributed by atoms with Crippen molar-refractivity contribution in [3.63, 3.8) is 0 Å². The number of aromatic nitrogens is 1. The first-order valence-electron chi connectivity index (χ1n) is 9.24. The standard InChI is InChI=1S/C19H29N3O5/c1-12-15(19(25)27-4)13(2)21-16(12)18(24)22-9-5-7-14(11-22)17(23)20-8-6-10-26-3/h14,21H,5-11H2,1-4H3,(H,20,23)/t14-/m0/s1. The molecule has 150 valence electrons. The number of piperidine rings is 1. The second-order valence-corrected chi connectivity index (χ2v) is 6.84. The molecule has 0 saturated carbocycles. The number of H-pyrrole nitrogens is 1. The van der Waals surface area contributed by atoms with Gasteiger partial charge in [0.05, 0.1) is 18.6 Å². The molecule has 0 radical (unpaired) electrons. The Balaban J connectivity index is 2.04. The fourth-order valence-electron chi connectivity index (χ4n) is 3.48. The smallest absolute Gasteiger partial charge is 0.339 e. The summed E-state index contributed by atoms with van der Waals surface area (Å²) in [6.07, 6.45) is 2.29. The van der Waals surface area contributed by atoms with Crippen LogP contribution in [-0.2, 0) is 14.3 Å². The minimum absolute atomic E-state index is 0.0294. The quantitative estimate of drug-likeness (QED) is 0.551. The van der Waals surface area contributed by atoms with E-state index in [-0.39, 0.29) is 17.7 Å². The highest BCUT2D eigenvalue weighted by molar-refractivity contribution is 6.00. The Hall–Kier alpha value is -2.35. The average Bonchev–Trinajstić information content (AvgIpc) is 2.98. The van der Waals surface area contributed by atoms with Crippen molar-refractivity contribution in [3.8, 4) is 0 Å². The van der Waals surface area contributed by atoms with Gasteiger partial charge in [0, 0.05) is 39.0 Å². The minimum atomic E-state index is -0.466. The summed E-state index contributed by atoms with van der Waals surface area (Å²) in [7, 11) is 2.94. The van der Waals surface area contributed by atoms with Gasteiger partial charge in [0.1, 0.15) is 5.69 Å². The van der Waals surface area contributed by atoms with Gasteiger partial charge >= 0.3 is 5.97 Å². The minimum Gasteiger partial charge on any atom is -0.465 e. The van der Waals surface area contributed by atoms with E-state index in [0.717, 1.165) is 19.3 Å². The lowest BCUT2D eigenvalue weighted by atomic mass is 9.96. The summed E-state index contributed by atoms with van der Waals surface area (Å²) in [6, 6.07) is 0. The molecule has 1 aliphatic rings. The normalized spacial score (nSPS) is 16.9. The lowest BCUT2D eigenvalue weighted by Crippen LogP contribution is -2.45. The number of esters is 1. The van der Waals surface area contributed by atoms with Crippen LogP contribution in [0.15, 0.2) is 0 Å². The molecule has 1 aromatic rings. The number of ether oxygens (including phenoxy) is 2. The first kappa shape index (κ1) is 21.0. The van der Waals surface area contributed by atoms with Crippen LogP contribution in [0.5, 0.6) is 0 Å². The largest absolute Gasteiger partial charge is 0.465 e. The number of carbonyl (C=O) groups excluding carboxylic acids is 3. The molecular formula is C19H29N3O5. The fourth-order valence-corrected chi connectivity index (χ4v) is 3.48. The lowest BCUT2D eigenvalue weighted by Gasteiger charge is -2.32. The van der Waals surface area contributed by atoms with Gasteiger partial charge in [-0.1, -0.05) is 0 Å². The number of rotatable bonds is 7. The van der Waals surface area contributed by atoms with E-state index in [4.69, 9.17) is 9.47 Å². The summed E-state index contributed by atoms with van der Waals surface area (Å²) in [4.78, 5) is 41.9. The van der Waals surface area contributed by atoms with Crippen molar-refractivity contribution in [2.24, 2.45) is 5.92 Å². The zero-order chi connectivity index (χ0) is 20.0. The number of amides is 2. The molecule has 2 amide bonds. The molecule has 1 aromatic heterocycles. The number of likely N-dealkylation sites (tertiary alicyclic amines) is 1. The zero-order valence-electron chi connectivity index (χ0n) is 16.5. The van der Waals surface area contributed by atoms with E-state index >= 15 is 0 Å². The summed E-state index contributed by atoms with van der Waals surface area (Å²) in [5, 5.41) is 2.91. The Labute approximate surface area is 159 Å². The Morgan fingerprint density at radius 2 is 2.00 bits per heavy atom. The van der Waals surface area contributed by atoms with E-state index in [2.05, 4.69) is 10.3 Å². The van der Waals surface area contributed by atoms with Crippen molar-refractivity contribution in [1.29, 1.82) is 0 Å².